The second kappa shape index (κ2) is 6.30. The van der Waals surface area contributed by atoms with E-state index in [0.29, 0.717) is 6.42 Å². The predicted molar refractivity (Wildman–Crippen MR) is 92.5 cm³/mol. The van der Waals surface area contributed by atoms with Crippen molar-refractivity contribution in [3.8, 4) is 0 Å². The summed E-state index contributed by atoms with van der Waals surface area (Å²) in [7, 11) is 0. The summed E-state index contributed by atoms with van der Waals surface area (Å²) in [4.78, 5) is 30.3. The smallest absolute Gasteiger partial charge is 0.245 e. The molecule has 126 valence electrons. The van der Waals surface area contributed by atoms with Gasteiger partial charge in [0.25, 0.3) is 0 Å². The van der Waals surface area contributed by atoms with E-state index in [2.05, 4.69) is 16.4 Å². The number of carbonyl (C=O) groups is 2. The Kier molecular flexibility index (Phi) is 4.00. The summed E-state index contributed by atoms with van der Waals surface area (Å²) in [6, 6.07) is 7.61. The van der Waals surface area contributed by atoms with E-state index in [1.807, 2.05) is 29.3 Å². The molecule has 0 radical (unpaired) electrons. The standard InChI is InChI=1S/C19H23N3O2/c23-18(13-7-8-13)21-17(19(24)22-9-3-4-10-22)11-14-12-20-16-6-2-1-5-15(14)16/h1-2,5-6,12-13,17,20H,3-4,7-11H2,(H,21,23)/t17-/m0/s1. The lowest BCUT2D eigenvalue weighted by molar-refractivity contribution is -0.135. The Bertz CT molecular complexity index is 757. The molecule has 2 N–H and O–H groups in total. The lowest BCUT2D eigenvalue weighted by Crippen LogP contribution is -2.49. The Morgan fingerprint density at radius 2 is 1.96 bits per heavy atom. The van der Waals surface area contributed by atoms with E-state index in [9.17, 15) is 9.59 Å². The summed E-state index contributed by atoms with van der Waals surface area (Å²) in [5, 5.41) is 4.14. The van der Waals surface area contributed by atoms with Crippen molar-refractivity contribution >= 4 is 22.7 Å². The molecule has 0 bridgehead atoms. The number of nitrogens with one attached hydrogen (secondary N) is 2. The van der Waals surface area contributed by atoms with Crippen LogP contribution in [0.1, 0.15) is 31.2 Å². The van der Waals surface area contributed by atoms with Crippen LogP contribution in [0.2, 0.25) is 0 Å². The molecule has 2 aromatic rings. The van der Waals surface area contributed by atoms with Crippen LogP contribution in [0, 0.1) is 5.92 Å². The fourth-order valence-electron chi connectivity index (χ4n) is 3.51. The third kappa shape index (κ3) is 3.03. The van der Waals surface area contributed by atoms with Crippen LogP contribution in [0.3, 0.4) is 0 Å². The molecule has 2 fully saturated rings. The first kappa shape index (κ1) is 15.2. The highest BCUT2D eigenvalue weighted by atomic mass is 16.2. The number of para-hydroxylation sites is 1. The fourth-order valence-corrected chi connectivity index (χ4v) is 3.51. The molecule has 0 spiro atoms. The number of nitrogens with zero attached hydrogens (tertiary/aromatic N) is 1. The molecule has 0 unspecified atom stereocenters. The zero-order chi connectivity index (χ0) is 16.5. The molecule has 1 aromatic carbocycles. The van der Waals surface area contributed by atoms with Crippen molar-refractivity contribution in [2.45, 2.75) is 38.1 Å². The van der Waals surface area contributed by atoms with Crippen molar-refractivity contribution in [1.29, 1.82) is 0 Å². The van der Waals surface area contributed by atoms with Crippen LogP contribution in [-0.4, -0.2) is 40.8 Å². The van der Waals surface area contributed by atoms with Crippen molar-refractivity contribution in [3.05, 3.63) is 36.0 Å². The van der Waals surface area contributed by atoms with Crippen LogP contribution >= 0.6 is 0 Å². The first-order valence-corrected chi connectivity index (χ1v) is 8.86. The molecule has 1 aliphatic heterocycles. The van der Waals surface area contributed by atoms with Gasteiger partial charge in [-0.05, 0) is 37.3 Å². The number of carbonyl (C=O) groups excluding carboxylic acids is 2. The monoisotopic (exact) mass is 325 g/mol. The van der Waals surface area contributed by atoms with Crippen LogP contribution in [0.5, 0.6) is 0 Å². The number of likely N-dealkylation sites (tertiary alicyclic amines) is 1. The fraction of sp³-hybridized carbons (Fsp3) is 0.474. The van der Waals surface area contributed by atoms with Crippen molar-refractivity contribution in [1.82, 2.24) is 15.2 Å². The quantitative estimate of drug-likeness (QED) is 0.885. The third-order valence-electron chi connectivity index (χ3n) is 5.08. The second-order valence-electron chi connectivity index (χ2n) is 6.93. The van der Waals surface area contributed by atoms with Gasteiger partial charge in [-0.3, -0.25) is 9.59 Å². The van der Waals surface area contributed by atoms with Gasteiger partial charge in [0.2, 0.25) is 11.8 Å². The lowest BCUT2D eigenvalue weighted by Gasteiger charge is -2.24. The zero-order valence-corrected chi connectivity index (χ0v) is 13.8. The molecule has 4 rings (SSSR count). The summed E-state index contributed by atoms with van der Waals surface area (Å²) in [6.45, 7) is 1.62. The van der Waals surface area contributed by atoms with E-state index in [1.54, 1.807) is 0 Å². The van der Waals surface area contributed by atoms with Gasteiger partial charge in [-0.15, -0.1) is 0 Å². The minimum atomic E-state index is -0.463. The largest absolute Gasteiger partial charge is 0.361 e. The number of fused-ring (bicyclic) bond motifs is 1. The van der Waals surface area contributed by atoms with E-state index in [4.69, 9.17) is 0 Å². The van der Waals surface area contributed by atoms with Gasteiger partial charge in [0.15, 0.2) is 0 Å². The number of benzene rings is 1. The summed E-state index contributed by atoms with van der Waals surface area (Å²) >= 11 is 0. The first-order chi connectivity index (χ1) is 11.7. The van der Waals surface area contributed by atoms with Crippen molar-refractivity contribution in [2.24, 2.45) is 5.92 Å². The molecular formula is C19H23N3O2. The lowest BCUT2D eigenvalue weighted by atomic mass is 10.0. The summed E-state index contributed by atoms with van der Waals surface area (Å²) in [6.07, 6.45) is 6.51. The number of aromatic amines is 1. The van der Waals surface area contributed by atoms with Crippen molar-refractivity contribution < 1.29 is 9.59 Å². The number of H-pyrrole nitrogens is 1. The van der Waals surface area contributed by atoms with Gasteiger partial charge in [0, 0.05) is 42.5 Å². The molecule has 1 saturated heterocycles. The van der Waals surface area contributed by atoms with Gasteiger partial charge < -0.3 is 15.2 Å². The highest BCUT2D eigenvalue weighted by Gasteiger charge is 2.34. The van der Waals surface area contributed by atoms with E-state index in [-0.39, 0.29) is 17.7 Å². The Balaban J connectivity index is 1.56. The number of rotatable bonds is 5. The maximum atomic E-state index is 12.9. The average molecular weight is 325 g/mol. The molecule has 5 heteroatoms. The molecule has 1 aromatic heterocycles. The van der Waals surface area contributed by atoms with Crippen LogP contribution in [0.25, 0.3) is 10.9 Å². The summed E-state index contributed by atoms with van der Waals surface area (Å²) in [5.41, 5.74) is 2.15. The molecule has 2 heterocycles. The maximum absolute atomic E-state index is 12.9. The third-order valence-corrected chi connectivity index (χ3v) is 5.08. The molecular weight excluding hydrogens is 302 g/mol. The predicted octanol–water partition coefficient (Wildman–Crippen LogP) is 2.23. The van der Waals surface area contributed by atoms with E-state index < -0.39 is 6.04 Å². The Morgan fingerprint density at radius 1 is 1.21 bits per heavy atom. The normalized spacial score (nSPS) is 18.8. The van der Waals surface area contributed by atoms with Gasteiger partial charge in [-0.25, -0.2) is 0 Å². The van der Waals surface area contributed by atoms with Gasteiger partial charge in [-0.1, -0.05) is 18.2 Å². The minimum absolute atomic E-state index is 0.0346. The average Bonchev–Trinajstić information content (AvgIpc) is 3.16. The Labute approximate surface area is 141 Å². The Morgan fingerprint density at radius 3 is 2.71 bits per heavy atom. The molecule has 1 atom stereocenters. The summed E-state index contributed by atoms with van der Waals surface area (Å²) in [5.74, 6) is 0.209. The van der Waals surface area contributed by atoms with E-state index in [0.717, 1.165) is 55.2 Å². The highest BCUT2D eigenvalue weighted by molar-refractivity contribution is 5.91. The van der Waals surface area contributed by atoms with Gasteiger partial charge in [-0.2, -0.15) is 0 Å². The van der Waals surface area contributed by atoms with Crippen molar-refractivity contribution in [3.63, 3.8) is 0 Å². The van der Waals surface area contributed by atoms with E-state index >= 15 is 0 Å². The van der Waals surface area contributed by atoms with Gasteiger partial charge >= 0.3 is 0 Å². The Hall–Kier alpha value is -2.30. The molecule has 2 aliphatic rings. The van der Waals surface area contributed by atoms with Gasteiger partial charge in [0.1, 0.15) is 6.04 Å². The highest BCUT2D eigenvalue weighted by Crippen LogP contribution is 2.29. The van der Waals surface area contributed by atoms with Crippen LogP contribution < -0.4 is 5.32 Å². The molecule has 1 aliphatic carbocycles. The number of aromatic nitrogens is 1. The second-order valence-corrected chi connectivity index (χ2v) is 6.93. The van der Waals surface area contributed by atoms with E-state index in [1.165, 1.54) is 0 Å². The van der Waals surface area contributed by atoms with Gasteiger partial charge in [0.05, 0.1) is 0 Å². The zero-order valence-electron chi connectivity index (χ0n) is 13.8. The molecule has 1 saturated carbocycles. The molecule has 2 amide bonds. The molecule has 24 heavy (non-hydrogen) atoms. The summed E-state index contributed by atoms with van der Waals surface area (Å²) < 4.78 is 0. The number of hydrogen-bond acceptors (Lipinski definition) is 2. The maximum Gasteiger partial charge on any atom is 0.245 e. The SMILES string of the molecule is O=C(N[C@@H](Cc1c[nH]c2ccccc12)C(=O)N1CCCC1)C1CC1. The topological polar surface area (TPSA) is 65.2 Å². The number of amides is 2. The van der Waals surface area contributed by atoms with Crippen LogP contribution in [0.15, 0.2) is 30.5 Å². The van der Waals surface area contributed by atoms with Crippen molar-refractivity contribution in [2.75, 3.05) is 13.1 Å². The minimum Gasteiger partial charge on any atom is -0.361 e. The van der Waals surface area contributed by atoms with Crippen LogP contribution in [0.4, 0.5) is 0 Å². The van der Waals surface area contributed by atoms with Crippen LogP contribution in [-0.2, 0) is 16.0 Å². The first-order valence-electron chi connectivity index (χ1n) is 8.86. The molecule has 5 nitrogen and oxygen atoms in total. The number of hydrogen-bond donors (Lipinski definition) is 2.